The van der Waals surface area contributed by atoms with Gasteiger partial charge in [0.05, 0.1) is 0 Å². The van der Waals surface area contributed by atoms with Gasteiger partial charge in [0.15, 0.2) is 6.61 Å². The maximum absolute atomic E-state index is 12.1. The van der Waals surface area contributed by atoms with Crippen LogP contribution in [0.5, 0.6) is 5.75 Å². The first-order chi connectivity index (χ1) is 10.1. The van der Waals surface area contributed by atoms with E-state index in [9.17, 15) is 4.79 Å². The van der Waals surface area contributed by atoms with Crippen LogP contribution in [0, 0.1) is 0 Å². The van der Waals surface area contributed by atoms with Gasteiger partial charge in [0.25, 0.3) is 5.91 Å². The number of rotatable bonds is 5. The molecular weight excluding hydrogens is 284 g/mol. The van der Waals surface area contributed by atoms with Gasteiger partial charge in [-0.15, -0.1) is 0 Å². The smallest absolute Gasteiger partial charge is 0.264 e. The van der Waals surface area contributed by atoms with Crippen LogP contribution >= 0.6 is 12.2 Å². The molecule has 0 bridgehead atoms. The zero-order valence-corrected chi connectivity index (χ0v) is 12.5. The molecule has 0 saturated carbocycles. The molecule has 0 heterocycles. The number of nitrogens with zero attached hydrogens (tertiary/aromatic N) is 1. The maximum Gasteiger partial charge on any atom is 0.264 e. The lowest BCUT2D eigenvalue weighted by Gasteiger charge is -2.18. The fraction of sp³-hybridized carbons (Fsp3) is 0.125. The summed E-state index contributed by atoms with van der Waals surface area (Å²) in [5.41, 5.74) is 7.08. The van der Waals surface area contributed by atoms with E-state index in [4.69, 9.17) is 22.7 Å². The van der Waals surface area contributed by atoms with Crippen LogP contribution in [0.25, 0.3) is 0 Å². The number of anilines is 1. The number of carbonyl (C=O) groups excluding carboxylic acids is 1. The van der Waals surface area contributed by atoms with Crippen LogP contribution in [-0.2, 0) is 4.79 Å². The molecule has 5 heteroatoms. The summed E-state index contributed by atoms with van der Waals surface area (Å²) in [7, 11) is 1.70. The Morgan fingerprint density at radius 1 is 1.14 bits per heavy atom. The third-order valence-corrected chi connectivity index (χ3v) is 3.25. The van der Waals surface area contributed by atoms with Gasteiger partial charge in [-0.2, -0.15) is 0 Å². The van der Waals surface area contributed by atoms with E-state index in [2.05, 4.69) is 0 Å². The number of nitrogens with two attached hydrogens (primary N) is 1. The van der Waals surface area contributed by atoms with Crippen LogP contribution in [0.3, 0.4) is 0 Å². The van der Waals surface area contributed by atoms with Crippen molar-refractivity contribution in [3.63, 3.8) is 0 Å². The van der Waals surface area contributed by atoms with Crippen molar-refractivity contribution in [3.8, 4) is 5.75 Å². The van der Waals surface area contributed by atoms with Crippen LogP contribution in [0.15, 0.2) is 54.6 Å². The highest BCUT2D eigenvalue weighted by Crippen LogP contribution is 2.15. The van der Waals surface area contributed by atoms with E-state index in [1.807, 2.05) is 30.3 Å². The summed E-state index contributed by atoms with van der Waals surface area (Å²) >= 11 is 4.90. The van der Waals surface area contributed by atoms with Crippen LogP contribution in [0.4, 0.5) is 5.69 Å². The van der Waals surface area contributed by atoms with Crippen molar-refractivity contribution in [3.05, 3.63) is 60.2 Å². The molecule has 0 fully saturated rings. The zero-order chi connectivity index (χ0) is 15.2. The fourth-order valence-corrected chi connectivity index (χ4v) is 1.89. The molecule has 0 aliphatic carbocycles. The predicted molar refractivity (Wildman–Crippen MR) is 87.7 cm³/mol. The monoisotopic (exact) mass is 300 g/mol. The Hall–Kier alpha value is -2.40. The largest absolute Gasteiger partial charge is 0.484 e. The first kappa shape index (κ1) is 15.0. The van der Waals surface area contributed by atoms with Gasteiger partial charge in [-0.3, -0.25) is 4.79 Å². The van der Waals surface area contributed by atoms with Crippen molar-refractivity contribution < 1.29 is 9.53 Å². The van der Waals surface area contributed by atoms with E-state index in [0.29, 0.717) is 10.7 Å². The number of likely N-dealkylation sites (N-methyl/N-ethyl adjacent to an activating group) is 1. The number of carbonyl (C=O) groups is 1. The van der Waals surface area contributed by atoms with Crippen molar-refractivity contribution in [2.75, 3.05) is 18.6 Å². The minimum absolute atomic E-state index is 0.0163. The van der Waals surface area contributed by atoms with E-state index in [0.717, 1.165) is 11.3 Å². The van der Waals surface area contributed by atoms with Gasteiger partial charge in [-0.25, -0.2) is 0 Å². The molecule has 0 saturated heterocycles. The Balaban J connectivity index is 1.97. The van der Waals surface area contributed by atoms with Crippen molar-refractivity contribution in [2.45, 2.75) is 0 Å². The van der Waals surface area contributed by atoms with E-state index in [1.54, 1.807) is 31.3 Å². The van der Waals surface area contributed by atoms with Crippen molar-refractivity contribution in [1.29, 1.82) is 0 Å². The average Bonchev–Trinajstić information content (AvgIpc) is 2.53. The number of thiocarbonyl (C=S) groups is 1. The van der Waals surface area contributed by atoms with Gasteiger partial charge >= 0.3 is 0 Å². The van der Waals surface area contributed by atoms with E-state index in [1.165, 1.54) is 4.90 Å². The summed E-state index contributed by atoms with van der Waals surface area (Å²) in [6.45, 7) is -0.0163. The second kappa shape index (κ2) is 6.85. The number of hydrogen-bond donors (Lipinski definition) is 1. The molecule has 108 valence electrons. The standard InChI is InChI=1S/C16H16N2O2S/c1-18(13-9-7-12(8-10-13)16(17)21)15(19)11-20-14-5-3-2-4-6-14/h2-10H,11H2,1H3,(H2,17,21). The topological polar surface area (TPSA) is 55.6 Å². The summed E-state index contributed by atoms with van der Waals surface area (Å²) < 4.78 is 5.44. The molecule has 0 spiro atoms. The summed E-state index contributed by atoms with van der Waals surface area (Å²) in [5, 5.41) is 0. The molecule has 0 atom stereocenters. The molecule has 0 aliphatic heterocycles. The Morgan fingerprint density at radius 3 is 2.33 bits per heavy atom. The Kier molecular flexibility index (Phi) is 4.90. The van der Waals surface area contributed by atoms with Crippen LogP contribution in [0.2, 0.25) is 0 Å². The molecule has 4 nitrogen and oxygen atoms in total. The second-order valence-corrected chi connectivity index (χ2v) is 4.91. The lowest BCUT2D eigenvalue weighted by molar-refractivity contribution is -0.120. The fourth-order valence-electron chi connectivity index (χ4n) is 1.75. The number of ether oxygens (including phenoxy) is 1. The Morgan fingerprint density at radius 2 is 1.76 bits per heavy atom. The third-order valence-electron chi connectivity index (χ3n) is 3.02. The highest BCUT2D eigenvalue weighted by Gasteiger charge is 2.11. The molecule has 0 unspecified atom stereocenters. The van der Waals surface area contributed by atoms with E-state index >= 15 is 0 Å². The molecule has 21 heavy (non-hydrogen) atoms. The minimum Gasteiger partial charge on any atom is -0.484 e. The molecular formula is C16H16N2O2S. The SMILES string of the molecule is CN(C(=O)COc1ccccc1)c1ccc(C(N)=S)cc1. The van der Waals surface area contributed by atoms with Gasteiger partial charge in [0.2, 0.25) is 0 Å². The summed E-state index contributed by atoms with van der Waals surface area (Å²) in [6.07, 6.45) is 0. The highest BCUT2D eigenvalue weighted by molar-refractivity contribution is 7.80. The highest BCUT2D eigenvalue weighted by atomic mass is 32.1. The molecule has 0 aromatic heterocycles. The number of benzene rings is 2. The van der Waals surface area contributed by atoms with E-state index in [-0.39, 0.29) is 12.5 Å². The van der Waals surface area contributed by atoms with Gasteiger partial charge in [0.1, 0.15) is 10.7 Å². The second-order valence-electron chi connectivity index (χ2n) is 4.47. The van der Waals surface area contributed by atoms with Crippen molar-refractivity contribution in [2.24, 2.45) is 5.73 Å². The van der Waals surface area contributed by atoms with E-state index < -0.39 is 0 Å². The third kappa shape index (κ3) is 4.03. The summed E-state index contributed by atoms with van der Waals surface area (Å²) in [5.74, 6) is 0.532. The average molecular weight is 300 g/mol. The number of para-hydroxylation sites is 1. The Bertz CT molecular complexity index is 626. The molecule has 0 radical (unpaired) electrons. The Labute approximate surface area is 129 Å². The molecule has 2 aromatic rings. The maximum atomic E-state index is 12.1. The van der Waals surface area contributed by atoms with Crippen molar-refractivity contribution in [1.82, 2.24) is 0 Å². The first-order valence-corrected chi connectivity index (χ1v) is 6.83. The lowest BCUT2D eigenvalue weighted by atomic mass is 10.2. The van der Waals surface area contributed by atoms with Gasteiger partial charge in [-0.1, -0.05) is 30.4 Å². The zero-order valence-electron chi connectivity index (χ0n) is 11.7. The van der Waals surface area contributed by atoms with Gasteiger partial charge < -0.3 is 15.4 Å². The molecule has 2 rings (SSSR count). The molecule has 2 aromatic carbocycles. The summed E-state index contributed by atoms with van der Waals surface area (Å²) in [6, 6.07) is 16.4. The van der Waals surface area contributed by atoms with Gasteiger partial charge in [0, 0.05) is 18.3 Å². The van der Waals surface area contributed by atoms with Crippen molar-refractivity contribution >= 4 is 28.8 Å². The van der Waals surface area contributed by atoms with Crippen LogP contribution in [0.1, 0.15) is 5.56 Å². The normalized spacial score (nSPS) is 9.95. The molecule has 2 N–H and O–H groups in total. The predicted octanol–water partition coefficient (Wildman–Crippen LogP) is 2.36. The number of hydrogen-bond acceptors (Lipinski definition) is 3. The number of amides is 1. The minimum atomic E-state index is -0.137. The first-order valence-electron chi connectivity index (χ1n) is 6.42. The summed E-state index contributed by atoms with van der Waals surface area (Å²) in [4.78, 5) is 14.0. The molecule has 1 amide bonds. The molecule has 0 aliphatic rings. The van der Waals surface area contributed by atoms with Gasteiger partial charge in [-0.05, 0) is 36.4 Å². The van der Waals surface area contributed by atoms with Crippen LogP contribution in [-0.4, -0.2) is 24.6 Å². The quantitative estimate of drug-likeness (QED) is 0.861. The van der Waals surface area contributed by atoms with Crippen LogP contribution < -0.4 is 15.4 Å². The lowest BCUT2D eigenvalue weighted by Crippen LogP contribution is -2.31.